The lowest BCUT2D eigenvalue weighted by atomic mass is 9.88. The van der Waals surface area contributed by atoms with Crippen LogP contribution in [0.15, 0.2) is 29.3 Å². The summed E-state index contributed by atoms with van der Waals surface area (Å²) in [4.78, 5) is 13.9. The Labute approximate surface area is 180 Å². The minimum atomic E-state index is -4.11. The molecule has 0 aliphatic carbocycles. The highest BCUT2D eigenvalue weighted by Gasteiger charge is 2.42. The number of hydrogen-bond donors (Lipinski definition) is 1. The molecule has 30 heavy (non-hydrogen) atoms. The van der Waals surface area contributed by atoms with Crippen molar-refractivity contribution in [2.24, 2.45) is 11.8 Å². The monoisotopic (exact) mass is 457 g/mol. The highest BCUT2D eigenvalue weighted by molar-refractivity contribution is 7.89. The van der Waals surface area contributed by atoms with Crippen LogP contribution in [0.1, 0.15) is 37.2 Å². The van der Waals surface area contributed by atoms with Crippen molar-refractivity contribution in [3.63, 3.8) is 0 Å². The molecule has 3 rings (SSSR count). The number of amides is 1. The van der Waals surface area contributed by atoms with Crippen LogP contribution in [-0.2, 0) is 10.0 Å². The molecule has 0 radical (unpaired) electrons. The molecule has 0 saturated carbocycles. The van der Waals surface area contributed by atoms with Gasteiger partial charge in [0.05, 0.1) is 6.20 Å². The summed E-state index contributed by atoms with van der Waals surface area (Å²) < 4.78 is 42.0. The molecule has 3 atom stereocenters. The first-order valence-corrected chi connectivity index (χ1v) is 11.6. The Morgan fingerprint density at radius 1 is 1.43 bits per heavy atom. The first-order chi connectivity index (χ1) is 14.2. The fourth-order valence-electron chi connectivity index (χ4n) is 4.09. The highest BCUT2D eigenvalue weighted by Crippen LogP contribution is 2.34. The number of likely N-dealkylation sites (tertiary alicyclic amines) is 1. The van der Waals surface area contributed by atoms with Gasteiger partial charge in [0.15, 0.2) is 5.69 Å². The van der Waals surface area contributed by atoms with Gasteiger partial charge in [-0.2, -0.15) is 19.7 Å². The third-order valence-electron chi connectivity index (χ3n) is 5.69. The van der Waals surface area contributed by atoms with Crippen LogP contribution < -0.4 is 0 Å². The second-order valence-electron chi connectivity index (χ2n) is 7.66. The fourth-order valence-corrected chi connectivity index (χ4v) is 5.85. The SMILES string of the molecule is CCC[C@H]([C@H]1CN(C(=O)c2cn[nH]n2)C[C@H]1C)N(C)S(=O)(=O)c1cc(Cl)ccc1F. The summed E-state index contributed by atoms with van der Waals surface area (Å²) in [6.07, 6.45) is 2.68. The number of aromatic amines is 1. The molecule has 2 heterocycles. The average molecular weight is 458 g/mol. The van der Waals surface area contributed by atoms with Gasteiger partial charge >= 0.3 is 0 Å². The number of nitrogens with zero attached hydrogens (tertiary/aromatic N) is 4. The standard InChI is InChI=1S/C19H25ClFN5O3S/c1-4-5-17(25(3)30(28,29)18-8-13(20)6-7-15(18)21)14-11-26(10-12(14)2)19(27)16-9-22-24-23-16/h6-9,12,14,17H,4-5,10-11H2,1-3H3,(H,22,23,24)/t12-,14+,17-/m1/s1. The molecule has 8 nitrogen and oxygen atoms in total. The quantitative estimate of drug-likeness (QED) is 0.689. The number of rotatable bonds is 7. The number of nitrogens with one attached hydrogen (secondary N) is 1. The van der Waals surface area contributed by atoms with Crippen LogP contribution in [0.25, 0.3) is 0 Å². The van der Waals surface area contributed by atoms with E-state index < -0.39 is 26.8 Å². The minimum Gasteiger partial charge on any atom is -0.337 e. The van der Waals surface area contributed by atoms with E-state index in [1.807, 2.05) is 13.8 Å². The number of H-pyrrole nitrogens is 1. The molecule has 1 aliphatic rings. The van der Waals surface area contributed by atoms with Crippen molar-refractivity contribution >= 4 is 27.5 Å². The Morgan fingerprint density at radius 3 is 2.80 bits per heavy atom. The van der Waals surface area contributed by atoms with Crippen molar-refractivity contribution in [2.75, 3.05) is 20.1 Å². The molecule has 0 unspecified atom stereocenters. The van der Waals surface area contributed by atoms with Crippen LogP contribution in [0, 0.1) is 17.7 Å². The van der Waals surface area contributed by atoms with E-state index in [2.05, 4.69) is 15.4 Å². The molecule has 1 N–H and O–H groups in total. The Balaban J connectivity index is 1.87. The van der Waals surface area contributed by atoms with Gasteiger partial charge in [0.2, 0.25) is 10.0 Å². The van der Waals surface area contributed by atoms with Gasteiger partial charge in [-0.3, -0.25) is 4.79 Å². The van der Waals surface area contributed by atoms with Gasteiger partial charge in [0.25, 0.3) is 5.91 Å². The maximum absolute atomic E-state index is 14.3. The van der Waals surface area contributed by atoms with E-state index in [1.54, 1.807) is 4.90 Å². The largest absolute Gasteiger partial charge is 0.337 e. The lowest BCUT2D eigenvalue weighted by Gasteiger charge is -2.33. The van der Waals surface area contributed by atoms with E-state index in [1.165, 1.54) is 23.6 Å². The molecular formula is C19H25ClFN5O3S. The number of sulfonamides is 1. The van der Waals surface area contributed by atoms with Crippen molar-refractivity contribution < 1.29 is 17.6 Å². The summed E-state index contributed by atoms with van der Waals surface area (Å²) >= 11 is 5.91. The van der Waals surface area contributed by atoms with Crippen LogP contribution in [-0.4, -0.2) is 65.1 Å². The number of carbonyl (C=O) groups is 1. The third kappa shape index (κ3) is 4.35. The predicted octanol–water partition coefficient (Wildman–Crippen LogP) is 2.79. The Hall–Kier alpha value is -2.04. The molecular weight excluding hydrogens is 433 g/mol. The first kappa shape index (κ1) is 22.6. The summed E-state index contributed by atoms with van der Waals surface area (Å²) in [6, 6.07) is 3.09. The normalized spacial score (nSPS) is 20.7. The van der Waals surface area contributed by atoms with Gasteiger partial charge in [-0.1, -0.05) is 31.9 Å². The van der Waals surface area contributed by atoms with Crippen LogP contribution in [0.2, 0.25) is 5.02 Å². The number of hydrogen-bond acceptors (Lipinski definition) is 5. The minimum absolute atomic E-state index is 0.0549. The lowest BCUT2D eigenvalue weighted by Crippen LogP contribution is -2.44. The molecule has 0 bridgehead atoms. The summed E-state index contributed by atoms with van der Waals surface area (Å²) in [5.41, 5.74) is 0.219. The molecule has 1 saturated heterocycles. The first-order valence-electron chi connectivity index (χ1n) is 9.75. The van der Waals surface area contributed by atoms with Crippen molar-refractivity contribution in [2.45, 2.75) is 37.6 Å². The van der Waals surface area contributed by atoms with Crippen LogP contribution in [0.5, 0.6) is 0 Å². The average Bonchev–Trinajstić information content (AvgIpc) is 3.37. The highest BCUT2D eigenvalue weighted by atomic mass is 35.5. The smallest absolute Gasteiger partial charge is 0.276 e. The molecule has 11 heteroatoms. The van der Waals surface area contributed by atoms with Crippen LogP contribution >= 0.6 is 11.6 Å². The molecule has 1 aromatic heterocycles. The maximum atomic E-state index is 14.3. The summed E-state index contributed by atoms with van der Waals surface area (Å²) in [5.74, 6) is -1.15. The zero-order chi connectivity index (χ0) is 22.1. The van der Waals surface area contributed by atoms with E-state index >= 15 is 0 Å². The molecule has 2 aromatic rings. The summed E-state index contributed by atoms with van der Waals surface area (Å²) in [6.45, 7) is 4.82. The second-order valence-corrected chi connectivity index (χ2v) is 10.1. The van der Waals surface area contributed by atoms with E-state index in [4.69, 9.17) is 11.6 Å². The number of benzene rings is 1. The fraction of sp³-hybridized carbons (Fsp3) is 0.526. The van der Waals surface area contributed by atoms with Crippen molar-refractivity contribution in [1.29, 1.82) is 0 Å². The van der Waals surface area contributed by atoms with E-state index in [-0.39, 0.29) is 28.5 Å². The predicted molar refractivity (Wildman–Crippen MR) is 110 cm³/mol. The molecule has 1 aromatic carbocycles. The third-order valence-corrected chi connectivity index (χ3v) is 7.82. The molecule has 164 valence electrons. The number of aromatic nitrogens is 3. The zero-order valence-corrected chi connectivity index (χ0v) is 18.6. The van der Waals surface area contributed by atoms with Gasteiger partial charge < -0.3 is 4.90 Å². The van der Waals surface area contributed by atoms with Gasteiger partial charge in [-0.25, -0.2) is 12.8 Å². The molecule has 1 fully saturated rings. The van der Waals surface area contributed by atoms with Crippen molar-refractivity contribution in [3.8, 4) is 0 Å². The van der Waals surface area contributed by atoms with Crippen LogP contribution in [0.4, 0.5) is 4.39 Å². The van der Waals surface area contributed by atoms with Gasteiger partial charge in [-0.15, -0.1) is 0 Å². The zero-order valence-electron chi connectivity index (χ0n) is 17.0. The molecule has 1 amide bonds. The summed E-state index contributed by atoms with van der Waals surface area (Å²) in [7, 11) is -2.65. The van der Waals surface area contributed by atoms with Gasteiger partial charge in [0, 0.05) is 31.2 Å². The van der Waals surface area contributed by atoms with Gasteiger partial charge in [-0.05, 0) is 36.5 Å². The van der Waals surface area contributed by atoms with E-state index in [0.29, 0.717) is 19.5 Å². The summed E-state index contributed by atoms with van der Waals surface area (Å²) in [5, 5.41) is 10.1. The van der Waals surface area contributed by atoms with Crippen molar-refractivity contribution in [1.82, 2.24) is 24.6 Å². The maximum Gasteiger partial charge on any atom is 0.276 e. The van der Waals surface area contributed by atoms with Crippen molar-refractivity contribution in [3.05, 3.63) is 40.9 Å². The van der Waals surface area contributed by atoms with Crippen LogP contribution in [0.3, 0.4) is 0 Å². The lowest BCUT2D eigenvalue weighted by molar-refractivity contribution is 0.0774. The molecule has 1 aliphatic heterocycles. The van der Waals surface area contributed by atoms with Gasteiger partial charge in [0.1, 0.15) is 10.7 Å². The number of halogens is 2. The Kier molecular flexibility index (Phi) is 6.78. The second kappa shape index (κ2) is 8.99. The Morgan fingerprint density at radius 2 is 2.17 bits per heavy atom. The van der Waals surface area contributed by atoms with E-state index in [0.717, 1.165) is 18.6 Å². The Bertz CT molecular complexity index is 1000. The number of carbonyl (C=O) groups excluding carboxylic acids is 1. The molecule has 0 spiro atoms. The van der Waals surface area contributed by atoms with E-state index in [9.17, 15) is 17.6 Å². The topological polar surface area (TPSA) is 99.3 Å².